The highest BCUT2D eigenvalue weighted by atomic mass is 79.9. The maximum absolute atomic E-state index is 6.08. The van der Waals surface area contributed by atoms with E-state index in [4.69, 9.17) is 11.6 Å². The molecule has 2 aromatic rings. The van der Waals surface area contributed by atoms with Crippen molar-refractivity contribution in [3.63, 3.8) is 0 Å². The van der Waals surface area contributed by atoms with E-state index in [2.05, 4.69) is 77.8 Å². The minimum Gasteiger partial charge on any atom is -0.0831 e. The summed E-state index contributed by atoms with van der Waals surface area (Å²) in [6, 6.07) is 8.34. The van der Waals surface area contributed by atoms with Crippen LogP contribution in [0.15, 0.2) is 28.7 Å². The molecule has 0 saturated heterocycles. The van der Waals surface area contributed by atoms with Crippen LogP contribution in [-0.2, 0) is 0 Å². The van der Waals surface area contributed by atoms with E-state index in [-0.39, 0.29) is 4.83 Å². The molecule has 0 heterocycles. The molecule has 0 spiro atoms. The Labute approximate surface area is 142 Å². The van der Waals surface area contributed by atoms with Crippen LogP contribution in [-0.4, -0.2) is 0 Å². The van der Waals surface area contributed by atoms with Gasteiger partial charge >= 0.3 is 0 Å². The smallest absolute Gasteiger partial charge is 0.0650 e. The third-order valence-electron chi connectivity index (χ3n) is 3.91. The fourth-order valence-electron chi connectivity index (χ4n) is 2.46. The predicted molar refractivity (Wildman–Crippen MR) is 95.3 cm³/mol. The first kappa shape index (κ1) is 16.1. The van der Waals surface area contributed by atoms with Gasteiger partial charge in [0.25, 0.3) is 0 Å². The Morgan fingerprint density at radius 3 is 2.00 bits per heavy atom. The van der Waals surface area contributed by atoms with Crippen molar-refractivity contribution in [2.75, 3.05) is 0 Å². The second-order valence-electron chi connectivity index (χ2n) is 5.21. The summed E-state index contributed by atoms with van der Waals surface area (Å²) < 4.78 is 0.931. The average Bonchev–Trinajstić information content (AvgIpc) is 2.40. The average molecular weight is 417 g/mol. The number of rotatable bonds is 2. The monoisotopic (exact) mass is 414 g/mol. The zero-order valence-corrected chi connectivity index (χ0v) is 15.9. The second kappa shape index (κ2) is 6.21. The van der Waals surface area contributed by atoms with E-state index >= 15 is 0 Å². The van der Waals surface area contributed by atoms with E-state index in [0.29, 0.717) is 0 Å². The lowest BCUT2D eigenvalue weighted by molar-refractivity contribution is 1.07. The van der Waals surface area contributed by atoms with E-state index in [1.165, 1.54) is 33.4 Å². The van der Waals surface area contributed by atoms with Gasteiger partial charge in [0, 0.05) is 4.47 Å². The van der Waals surface area contributed by atoms with Crippen LogP contribution in [0.3, 0.4) is 0 Å². The molecule has 0 bridgehead atoms. The fourth-order valence-corrected chi connectivity index (χ4v) is 3.95. The molecule has 0 fully saturated rings. The molecular formula is C17H17Br2Cl. The number of benzene rings is 2. The molecule has 0 amide bonds. The lowest BCUT2D eigenvalue weighted by atomic mass is 9.90. The summed E-state index contributed by atoms with van der Waals surface area (Å²) >= 11 is 13.4. The topological polar surface area (TPSA) is 0 Å². The Hall–Kier alpha value is -0.310. The second-order valence-corrected chi connectivity index (χ2v) is 7.39. The zero-order valence-electron chi connectivity index (χ0n) is 12.0. The Bertz CT molecular complexity index is 636. The van der Waals surface area contributed by atoms with Gasteiger partial charge in [0.15, 0.2) is 0 Å². The molecule has 0 aromatic heterocycles. The first-order valence-corrected chi connectivity index (χ1v) is 8.58. The van der Waals surface area contributed by atoms with Crippen molar-refractivity contribution in [1.29, 1.82) is 0 Å². The Balaban J connectivity index is 2.58. The Morgan fingerprint density at radius 1 is 0.950 bits per heavy atom. The van der Waals surface area contributed by atoms with Gasteiger partial charge in [-0.1, -0.05) is 39.7 Å². The van der Waals surface area contributed by atoms with Crippen LogP contribution in [0.5, 0.6) is 0 Å². The highest BCUT2D eigenvalue weighted by molar-refractivity contribution is 9.10. The minimum atomic E-state index is 0.176. The molecule has 0 radical (unpaired) electrons. The van der Waals surface area contributed by atoms with E-state index in [1.54, 1.807) is 0 Å². The third kappa shape index (κ3) is 2.98. The molecule has 1 atom stereocenters. The molecule has 1 unspecified atom stereocenters. The lowest BCUT2D eigenvalue weighted by Gasteiger charge is -2.20. The molecule has 0 nitrogen and oxygen atoms in total. The van der Waals surface area contributed by atoms with E-state index in [1.807, 2.05) is 6.07 Å². The van der Waals surface area contributed by atoms with Gasteiger partial charge in [-0.25, -0.2) is 0 Å². The summed E-state index contributed by atoms with van der Waals surface area (Å²) in [5, 5.41) is 0.738. The molecule has 2 rings (SSSR count). The Kier molecular flexibility index (Phi) is 4.99. The van der Waals surface area contributed by atoms with Gasteiger partial charge in [-0.05, 0) is 89.1 Å². The van der Waals surface area contributed by atoms with Crippen LogP contribution < -0.4 is 0 Å². The van der Waals surface area contributed by atoms with Crippen molar-refractivity contribution in [3.05, 3.63) is 67.1 Å². The maximum atomic E-state index is 6.08. The van der Waals surface area contributed by atoms with Gasteiger partial charge in [-0.2, -0.15) is 0 Å². The van der Waals surface area contributed by atoms with E-state index < -0.39 is 0 Å². The molecule has 0 N–H and O–H groups in total. The summed E-state index contributed by atoms with van der Waals surface area (Å²) in [6.07, 6.45) is 0. The summed E-state index contributed by atoms with van der Waals surface area (Å²) in [5.41, 5.74) is 7.93. The third-order valence-corrected chi connectivity index (χ3v) is 6.11. The van der Waals surface area contributed by atoms with Crippen LogP contribution in [0.4, 0.5) is 0 Å². The number of alkyl halides is 1. The normalized spacial score (nSPS) is 12.6. The molecule has 106 valence electrons. The van der Waals surface area contributed by atoms with Crippen molar-refractivity contribution in [1.82, 2.24) is 0 Å². The maximum Gasteiger partial charge on any atom is 0.0650 e. The Morgan fingerprint density at radius 2 is 1.50 bits per heavy atom. The first-order valence-electron chi connectivity index (χ1n) is 6.49. The lowest BCUT2D eigenvalue weighted by Crippen LogP contribution is -2.03. The first-order chi connectivity index (χ1) is 9.32. The predicted octanol–water partition coefficient (Wildman–Crippen LogP) is 6.82. The molecule has 0 aliphatic heterocycles. The SMILES string of the molecule is Cc1cc(C)c(C)c(C(Br)c2ccc(Cl)c(Br)c2)c1C. The van der Waals surface area contributed by atoms with Crippen LogP contribution in [0.2, 0.25) is 5.02 Å². The standard InChI is InChI=1S/C17H17Br2Cl/c1-9-7-10(2)12(4)16(11(9)3)17(19)13-5-6-15(20)14(18)8-13/h5-8,17H,1-4H3. The van der Waals surface area contributed by atoms with Crippen molar-refractivity contribution in [2.45, 2.75) is 32.5 Å². The van der Waals surface area contributed by atoms with Crippen molar-refractivity contribution in [2.24, 2.45) is 0 Å². The van der Waals surface area contributed by atoms with Crippen molar-refractivity contribution in [3.8, 4) is 0 Å². The van der Waals surface area contributed by atoms with E-state index in [9.17, 15) is 0 Å². The van der Waals surface area contributed by atoms with Crippen LogP contribution in [0, 0.1) is 27.7 Å². The summed E-state index contributed by atoms with van der Waals surface area (Å²) in [4.78, 5) is 0.176. The molecule has 3 heteroatoms. The number of halogens is 3. The minimum absolute atomic E-state index is 0.176. The van der Waals surface area contributed by atoms with Gasteiger partial charge < -0.3 is 0 Å². The molecule has 20 heavy (non-hydrogen) atoms. The highest BCUT2D eigenvalue weighted by Gasteiger charge is 2.18. The molecule has 0 aliphatic carbocycles. The quantitative estimate of drug-likeness (QED) is 0.471. The van der Waals surface area contributed by atoms with Crippen LogP contribution in [0.25, 0.3) is 0 Å². The number of aryl methyl sites for hydroxylation is 2. The summed E-state index contributed by atoms with van der Waals surface area (Å²) in [5.74, 6) is 0. The van der Waals surface area contributed by atoms with E-state index in [0.717, 1.165) is 9.50 Å². The van der Waals surface area contributed by atoms with Crippen LogP contribution >= 0.6 is 43.5 Å². The number of hydrogen-bond acceptors (Lipinski definition) is 0. The van der Waals surface area contributed by atoms with Gasteiger partial charge in [-0.15, -0.1) is 0 Å². The fraction of sp³-hybridized carbons (Fsp3) is 0.294. The largest absolute Gasteiger partial charge is 0.0831 e. The van der Waals surface area contributed by atoms with Gasteiger partial charge in [-0.3, -0.25) is 0 Å². The van der Waals surface area contributed by atoms with Crippen LogP contribution in [0.1, 0.15) is 38.2 Å². The molecule has 2 aromatic carbocycles. The van der Waals surface area contributed by atoms with Crippen molar-refractivity contribution >= 4 is 43.5 Å². The summed E-state index contributed by atoms with van der Waals surface area (Å²) in [6.45, 7) is 8.72. The molecule has 0 saturated carbocycles. The summed E-state index contributed by atoms with van der Waals surface area (Å²) in [7, 11) is 0. The highest BCUT2D eigenvalue weighted by Crippen LogP contribution is 2.39. The van der Waals surface area contributed by atoms with Gasteiger partial charge in [0.1, 0.15) is 0 Å². The van der Waals surface area contributed by atoms with Crippen molar-refractivity contribution < 1.29 is 0 Å². The number of hydrogen-bond donors (Lipinski definition) is 0. The molecular weight excluding hydrogens is 399 g/mol. The van der Waals surface area contributed by atoms with Gasteiger partial charge in [0.05, 0.1) is 9.85 Å². The van der Waals surface area contributed by atoms with Gasteiger partial charge in [0.2, 0.25) is 0 Å². The zero-order chi connectivity index (χ0) is 15.0. The molecule has 0 aliphatic rings.